The van der Waals surface area contributed by atoms with Gasteiger partial charge >= 0.3 is 5.97 Å². The molecule has 0 saturated heterocycles. The molecule has 31 heavy (non-hydrogen) atoms. The van der Waals surface area contributed by atoms with Crippen LogP contribution in [0.25, 0.3) is 0 Å². The van der Waals surface area contributed by atoms with Gasteiger partial charge < -0.3 is 19.5 Å². The van der Waals surface area contributed by atoms with Crippen LogP contribution in [-0.4, -0.2) is 42.5 Å². The zero-order valence-electron chi connectivity index (χ0n) is 17.0. The van der Waals surface area contributed by atoms with E-state index < -0.39 is 11.9 Å². The predicted octanol–water partition coefficient (Wildman–Crippen LogP) is 2.37. The van der Waals surface area contributed by atoms with Gasteiger partial charge in [-0.3, -0.25) is 9.59 Å². The van der Waals surface area contributed by atoms with Crippen molar-refractivity contribution in [3.05, 3.63) is 82.3 Å². The van der Waals surface area contributed by atoms with E-state index in [0.717, 1.165) is 4.68 Å². The fourth-order valence-corrected chi connectivity index (χ4v) is 2.72. The number of carbonyl (C=O) groups excluding carboxylic acids is 2. The number of hydrogen-bond acceptors (Lipinski definition) is 7. The Morgan fingerprint density at radius 3 is 2.48 bits per heavy atom. The molecule has 3 aromatic rings. The Labute approximate surface area is 178 Å². The van der Waals surface area contributed by atoms with Gasteiger partial charge in [0.2, 0.25) is 0 Å². The molecule has 0 aliphatic rings. The van der Waals surface area contributed by atoms with Crippen molar-refractivity contribution in [3.8, 4) is 11.5 Å². The number of esters is 1. The van der Waals surface area contributed by atoms with Crippen LogP contribution in [0.15, 0.2) is 65.5 Å². The fourth-order valence-electron chi connectivity index (χ4n) is 2.72. The summed E-state index contributed by atoms with van der Waals surface area (Å²) in [6.45, 7) is 0.359. The summed E-state index contributed by atoms with van der Waals surface area (Å²) < 4.78 is 16.6. The molecule has 0 aliphatic heterocycles. The summed E-state index contributed by atoms with van der Waals surface area (Å²) >= 11 is 0. The first-order chi connectivity index (χ1) is 15.0. The molecule has 1 amide bonds. The minimum atomic E-state index is -0.634. The van der Waals surface area contributed by atoms with Crippen LogP contribution < -0.4 is 20.3 Å². The Morgan fingerprint density at radius 2 is 1.77 bits per heavy atom. The molecular formula is C22H21N3O6. The number of rotatable bonds is 8. The Morgan fingerprint density at radius 1 is 1.00 bits per heavy atom. The number of anilines is 1. The second-order valence-corrected chi connectivity index (χ2v) is 6.30. The van der Waals surface area contributed by atoms with Crippen molar-refractivity contribution >= 4 is 17.6 Å². The van der Waals surface area contributed by atoms with Gasteiger partial charge in [-0.2, -0.15) is 5.10 Å². The van der Waals surface area contributed by atoms with Gasteiger partial charge in [-0.25, -0.2) is 9.48 Å². The minimum Gasteiger partial charge on any atom is -0.497 e. The number of nitrogens with zero attached hydrogens (tertiary/aromatic N) is 2. The maximum absolute atomic E-state index is 12.7. The monoisotopic (exact) mass is 423 g/mol. The first-order valence-electron chi connectivity index (χ1n) is 9.35. The Hall–Kier alpha value is -4.14. The summed E-state index contributed by atoms with van der Waals surface area (Å²) in [6, 6.07) is 16.3. The topological polar surface area (TPSA) is 109 Å². The number of aromatic nitrogens is 2. The third kappa shape index (κ3) is 5.47. The number of amides is 1. The van der Waals surface area contributed by atoms with Crippen LogP contribution in [0.5, 0.6) is 11.5 Å². The highest BCUT2D eigenvalue weighted by molar-refractivity contribution is 6.07. The number of benzene rings is 2. The van der Waals surface area contributed by atoms with Gasteiger partial charge in [0, 0.05) is 6.07 Å². The lowest BCUT2D eigenvalue weighted by Gasteiger charge is -2.12. The van der Waals surface area contributed by atoms with Crippen LogP contribution >= 0.6 is 0 Å². The van der Waals surface area contributed by atoms with Gasteiger partial charge in [-0.05, 0) is 36.4 Å². The predicted molar refractivity (Wildman–Crippen MR) is 113 cm³/mol. The van der Waals surface area contributed by atoms with Crippen LogP contribution in [0.2, 0.25) is 0 Å². The van der Waals surface area contributed by atoms with Crippen molar-refractivity contribution < 1.29 is 23.8 Å². The smallest absolute Gasteiger partial charge is 0.340 e. The zero-order valence-corrected chi connectivity index (χ0v) is 17.0. The molecule has 160 valence electrons. The normalized spacial score (nSPS) is 10.3. The summed E-state index contributed by atoms with van der Waals surface area (Å²) in [6.07, 6.45) is 0. The van der Waals surface area contributed by atoms with Gasteiger partial charge in [0.05, 0.1) is 32.0 Å². The molecule has 0 atom stereocenters. The fraction of sp³-hybridized carbons (Fsp3) is 0.182. The third-order valence-corrected chi connectivity index (χ3v) is 4.29. The molecule has 9 heteroatoms. The molecule has 0 fully saturated rings. The minimum absolute atomic E-state index is 0.00550. The number of para-hydroxylation sites is 1. The van der Waals surface area contributed by atoms with Gasteiger partial charge in [-0.1, -0.05) is 18.2 Å². The summed E-state index contributed by atoms with van der Waals surface area (Å²) in [5.74, 6) is -0.124. The Balaban J connectivity index is 1.74. The average molecular weight is 423 g/mol. The molecule has 2 aromatic carbocycles. The van der Waals surface area contributed by atoms with E-state index in [1.807, 2.05) is 18.2 Å². The van der Waals surface area contributed by atoms with Crippen LogP contribution in [0.1, 0.15) is 20.8 Å². The largest absolute Gasteiger partial charge is 0.497 e. The van der Waals surface area contributed by atoms with Crippen LogP contribution in [0.4, 0.5) is 5.69 Å². The molecule has 1 heterocycles. The maximum Gasteiger partial charge on any atom is 0.340 e. The highest BCUT2D eigenvalue weighted by atomic mass is 16.5. The second-order valence-electron chi connectivity index (χ2n) is 6.30. The first kappa shape index (κ1) is 21.6. The lowest BCUT2D eigenvalue weighted by molar-refractivity contribution is 0.0601. The second kappa shape index (κ2) is 10.1. The van der Waals surface area contributed by atoms with E-state index in [2.05, 4.69) is 10.4 Å². The average Bonchev–Trinajstić information content (AvgIpc) is 2.80. The Bertz CT molecular complexity index is 1130. The van der Waals surface area contributed by atoms with Crippen molar-refractivity contribution in [1.82, 2.24) is 9.78 Å². The summed E-state index contributed by atoms with van der Waals surface area (Å²) in [5, 5.41) is 6.72. The molecule has 0 spiro atoms. The van der Waals surface area contributed by atoms with Crippen LogP contribution in [0, 0.1) is 0 Å². The zero-order chi connectivity index (χ0) is 22.2. The number of nitrogens with one attached hydrogen (secondary N) is 1. The molecule has 1 aromatic heterocycles. The Kier molecular flexibility index (Phi) is 7.00. The standard InChI is InChI=1S/C22H21N3O6/c1-29-16-8-9-18(17(14-16)22(28)30-2)23-21(27)19-10-11-20(26)25(24-19)12-13-31-15-6-4-3-5-7-15/h3-11,14H,12-13H2,1-2H3,(H,23,27). The first-order valence-corrected chi connectivity index (χ1v) is 9.35. The highest BCUT2D eigenvalue weighted by Gasteiger charge is 2.17. The van der Waals surface area contributed by atoms with Crippen LogP contribution in [0.3, 0.4) is 0 Å². The van der Waals surface area contributed by atoms with Crippen molar-refractivity contribution in [2.24, 2.45) is 0 Å². The number of methoxy groups -OCH3 is 2. The lowest BCUT2D eigenvalue weighted by atomic mass is 10.1. The number of carbonyl (C=O) groups is 2. The molecule has 9 nitrogen and oxygen atoms in total. The van der Waals surface area contributed by atoms with E-state index in [9.17, 15) is 14.4 Å². The quantitative estimate of drug-likeness (QED) is 0.554. The molecule has 3 rings (SSSR count). The van der Waals surface area contributed by atoms with E-state index in [4.69, 9.17) is 14.2 Å². The number of hydrogen-bond donors (Lipinski definition) is 1. The SMILES string of the molecule is COC(=O)c1cc(OC)ccc1NC(=O)c1ccc(=O)n(CCOc2ccccc2)n1. The van der Waals surface area contributed by atoms with Gasteiger partial charge in [0.25, 0.3) is 11.5 Å². The lowest BCUT2D eigenvalue weighted by Crippen LogP contribution is -2.28. The third-order valence-electron chi connectivity index (χ3n) is 4.29. The van der Waals surface area contributed by atoms with Gasteiger partial charge in [0.1, 0.15) is 23.8 Å². The molecule has 1 N–H and O–H groups in total. The summed E-state index contributed by atoms with van der Waals surface area (Å²) in [7, 11) is 2.70. The molecule has 0 aliphatic carbocycles. The van der Waals surface area contributed by atoms with Crippen molar-refractivity contribution in [2.75, 3.05) is 26.1 Å². The van der Waals surface area contributed by atoms with E-state index >= 15 is 0 Å². The molecule has 0 radical (unpaired) electrons. The number of ether oxygens (including phenoxy) is 3. The van der Waals surface area contributed by atoms with Crippen LogP contribution in [-0.2, 0) is 11.3 Å². The highest BCUT2D eigenvalue weighted by Crippen LogP contribution is 2.23. The molecule has 0 saturated carbocycles. The maximum atomic E-state index is 12.7. The molecule has 0 bridgehead atoms. The van der Waals surface area contributed by atoms with Crippen molar-refractivity contribution in [1.29, 1.82) is 0 Å². The van der Waals surface area contributed by atoms with E-state index in [1.165, 1.54) is 38.5 Å². The van der Waals surface area contributed by atoms with E-state index in [1.54, 1.807) is 18.2 Å². The summed E-state index contributed by atoms with van der Waals surface area (Å²) in [5.41, 5.74) is -0.0109. The van der Waals surface area contributed by atoms with Crippen molar-refractivity contribution in [2.45, 2.75) is 6.54 Å². The van der Waals surface area contributed by atoms with E-state index in [-0.39, 0.29) is 35.7 Å². The molecule has 0 unspecified atom stereocenters. The van der Waals surface area contributed by atoms with E-state index in [0.29, 0.717) is 11.5 Å². The van der Waals surface area contributed by atoms with Gasteiger partial charge in [-0.15, -0.1) is 0 Å². The van der Waals surface area contributed by atoms with Gasteiger partial charge in [0.15, 0.2) is 0 Å². The summed E-state index contributed by atoms with van der Waals surface area (Å²) in [4.78, 5) is 36.8. The molecular weight excluding hydrogens is 402 g/mol. The van der Waals surface area contributed by atoms with Crippen molar-refractivity contribution in [3.63, 3.8) is 0 Å².